The first kappa shape index (κ1) is 32.7. The molecular weight excluding hydrogens is 665 g/mol. The van der Waals surface area contributed by atoms with Gasteiger partial charge >= 0.3 is 0 Å². The predicted octanol–water partition coefficient (Wildman–Crippen LogP) is 8.16. The van der Waals surface area contributed by atoms with Crippen molar-refractivity contribution in [3.8, 4) is 0 Å². The molecule has 0 aromatic heterocycles. The lowest BCUT2D eigenvalue weighted by molar-refractivity contribution is -0.128. The SMILES string of the molecule is CC(C)(C)C(=O)NCc1ccc(Cl)c(C(=O)Nc2ccc(N3CCC(F)(F)CC3)c(C(=O)Nc3ccc(Br)cc3)c2)c1Cl. The number of benzene rings is 3. The number of nitrogens with zero attached hydrogens (tertiary/aromatic N) is 1. The molecule has 1 saturated heterocycles. The summed E-state index contributed by atoms with van der Waals surface area (Å²) in [6.07, 6.45) is -0.661. The Morgan fingerprint density at radius 1 is 0.907 bits per heavy atom. The minimum atomic E-state index is -2.76. The molecule has 12 heteroatoms. The molecular formula is C31H31BrCl2F2N4O3. The van der Waals surface area contributed by atoms with E-state index in [1.807, 2.05) is 0 Å². The first-order chi connectivity index (χ1) is 20.1. The molecule has 43 heavy (non-hydrogen) atoms. The standard InChI is InChI=1S/C31H31BrCl2F2N4O3/c1-30(2,3)29(43)37-17-18-4-10-23(33)25(26(18)34)28(42)39-21-9-11-24(40-14-12-31(35,36)13-15-40)22(16-21)27(41)38-20-7-5-19(32)6-8-20/h4-11,16H,12-15,17H2,1-3H3,(H,37,43)(H,38,41)(H,39,42). The second kappa shape index (κ2) is 13.2. The van der Waals surface area contributed by atoms with Crippen molar-refractivity contribution in [1.29, 1.82) is 0 Å². The largest absolute Gasteiger partial charge is 0.370 e. The van der Waals surface area contributed by atoms with Crippen molar-refractivity contribution in [2.75, 3.05) is 28.6 Å². The van der Waals surface area contributed by atoms with Gasteiger partial charge in [0.2, 0.25) is 5.91 Å². The number of amides is 3. The third-order valence-corrected chi connectivity index (χ3v) is 8.23. The van der Waals surface area contributed by atoms with Gasteiger partial charge in [-0.15, -0.1) is 0 Å². The first-order valence-electron chi connectivity index (χ1n) is 13.5. The van der Waals surface area contributed by atoms with Gasteiger partial charge in [0.1, 0.15) is 0 Å². The molecule has 7 nitrogen and oxygen atoms in total. The molecule has 0 bridgehead atoms. The number of carbonyl (C=O) groups excluding carboxylic acids is 3. The number of carbonyl (C=O) groups is 3. The van der Waals surface area contributed by atoms with E-state index in [1.54, 1.807) is 68.1 Å². The molecule has 4 rings (SSSR count). The maximum Gasteiger partial charge on any atom is 0.258 e. The van der Waals surface area contributed by atoms with E-state index in [0.29, 0.717) is 16.9 Å². The highest BCUT2D eigenvalue weighted by molar-refractivity contribution is 9.10. The van der Waals surface area contributed by atoms with Crippen LogP contribution in [-0.4, -0.2) is 36.7 Å². The van der Waals surface area contributed by atoms with Gasteiger partial charge in [-0.1, -0.05) is 66.0 Å². The van der Waals surface area contributed by atoms with Gasteiger partial charge in [-0.3, -0.25) is 14.4 Å². The van der Waals surface area contributed by atoms with Crippen LogP contribution in [0.3, 0.4) is 0 Å². The third kappa shape index (κ3) is 8.25. The summed E-state index contributed by atoms with van der Waals surface area (Å²) >= 11 is 16.3. The Hall–Kier alpha value is -3.21. The van der Waals surface area contributed by atoms with Crippen molar-refractivity contribution in [3.63, 3.8) is 0 Å². The number of alkyl halides is 2. The van der Waals surface area contributed by atoms with Crippen LogP contribution in [0, 0.1) is 5.41 Å². The van der Waals surface area contributed by atoms with Crippen LogP contribution in [0.2, 0.25) is 10.0 Å². The van der Waals surface area contributed by atoms with E-state index in [1.165, 1.54) is 12.1 Å². The number of hydrogen-bond donors (Lipinski definition) is 3. The minimum Gasteiger partial charge on any atom is -0.370 e. The molecule has 1 heterocycles. The summed E-state index contributed by atoms with van der Waals surface area (Å²) in [4.78, 5) is 40.9. The van der Waals surface area contributed by atoms with Gasteiger partial charge in [0.05, 0.1) is 21.2 Å². The van der Waals surface area contributed by atoms with Crippen LogP contribution in [-0.2, 0) is 11.3 Å². The first-order valence-corrected chi connectivity index (χ1v) is 15.1. The molecule has 1 aliphatic heterocycles. The summed E-state index contributed by atoms with van der Waals surface area (Å²) in [6.45, 7) is 5.58. The fraction of sp³-hybridized carbons (Fsp3) is 0.323. The van der Waals surface area contributed by atoms with Crippen LogP contribution in [0.25, 0.3) is 0 Å². The summed E-state index contributed by atoms with van der Waals surface area (Å²) in [7, 11) is 0. The average molecular weight is 696 g/mol. The van der Waals surface area contributed by atoms with Crippen LogP contribution in [0.1, 0.15) is 59.9 Å². The Morgan fingerprint density at radius 2 is 1.51 bits per heavy atom. The molecule has 1 aliphatic rings. The Bertz CT molecular complexity index is 1540. The summed E-state index contributed by atoms with van der Waals surface area (Å²) in [6, 6.07) is 14.8. The van der Waals surface area contributed by atoms with Crippen molar-refractivity contribution < 1.29 is 23.2 Å². The zero-order chi connectivity index (χ0) is 31.5. The number of nitrogens with one attached hydrogen (secondary N) is 3. The van der Waals surface area contributed by atoms with Gasteiger partial charge < -0.3 is 20.9 Å². The maximum absolute atomic E-state index is 13.9. The van der Waals surface area contributed by atoms with Crippen LogP contribution in [0.5, 0.6) is 0 Å². The van der Waals surface area contributed by atoms with Gasteiger partial charge in [-0.2, -0.15) is 0 Å². The van der Waals surface area contributed by atoms with Gasteiger partial charge in [0.25, 0.3) is 17.7 Å². The van der Waals surface area contributed by atoms with Gasteiger partial charge in [0, 0.05) is 59.4 Å². The number of piperidine rings is 1. The van der Waals surface area contributed by atoms with Crippen molar-refractivity contribution in [2.24, 2.45) is 5.41 Å². The predicted molar refractivity (Wildman–Crippen MR) is 171 cm³/mol. The van der Waals surface area contributed by atoms with Gasteiger partial charge in [-0.05, 0) is 54.1 Å². The monoisotopic (exact) mass is 694 g/mol. The number of rotatable bonds is 7. The lowest BCUT2D eigenvalue weighted by atomic mass is 9.95. The van der Waals surface area contributed by atoms with E-state index in [4.69, 9.17) is 23.2 Å². The van der Waals surface area contributed by atoms with E-state index >= 15 is 0 Å². The van der Waals surface area contributed by atoms with Crippen LogP contribution in [0.4, 0.5) is 25.8 Å². The molecule has 3 N–H and O–H groups in total. The number of halogens is 5. The van der Waals surface area contributed by atoms with Crippen molar-refractivity contribution in [3.05, 3.63) is 85.8 Å². The Morgan fingerprint density at radius 3 is 2.14 bits per heavy atom. The summed E-state index contributed by atoms with van der Waals surface area (Å²) < 4.78 is 28.6. The summed E-state index contributed by atoms with van der Waals surface area (Å²) in [5.41, 5.74) is 1.37. The maximum atomic E-state index is 13.9. The zero-order valence-corrected chi connectivity index (χ0v) is 26.9. The van der Waals surface area contributed by atoms with E-state index < -0.39 is 23.2 Å². The zero-order valence-electron chi connectivity index (χ0n) is 23.8. The van der Waals surface area contributed by atoms with E-state index in [9.17, 15) is 23.2 Å². The molecule has 0 saturated carbocycles. The third-order valence-electron chi connectivity index (χ3n) is 6.96. The van der Waals surface area contributed by atoms with Crippen molar-refractivity contribution >= 4 is 73.9 Å². The van der Waals surface area contributed by atoms with E-state index in [0.717, 1.165) is 4.47 Å². The van der Waals surface area contributed by atoms with Crippen LogP contribution in [0.15, 0.2) is 59.1 Å². The average Bonchev–Trinajstić information content (AvgIpc) is 2.93. The van der Waals surface area contributed by atoms with Crippen molar-refractivity contribution in [1.82, 2.24) is 5.32 Å². The molecule has 0 radical (unpaired) electrons. The van der Waals surface area contributed by atoms with E-state index in [-0.39, 0.29) is 65.2 Å². The van der Waals surface area contributed by atoms with Gasteiger partial charge in [-0.25, -0.2) is 8.78 Å². The van der Waals surface area contributed by atoms with Gasteiger partial charge in [0.15, 0.2) is 0 Å². The molecule has 1 fully saturated rings. The lowest BCUT2D eigenvalue weighted by Crippen LogP contribution is -2.40. The highest BCUT2D eigenvalue weighted by Gasteiger charge is 2.35. The molecule has 0 aliphatic carbocycles. The second-order valence-corrected chi connectivity index (χ2v) is 13.0. The minimum absolute atomic E-state index is 0.00837. The van der Waals surface area contributed by atoms with Crippen LogP contribution < -0.4 is 20.9 Å². The van der Waals surface area contributed by atoms with Crippen molar-refractivity contribution in [2.45, 2.75) is 46.1 Å². The fourth-order valence-corrected chi connectivity index (χ4v) is 5.33. The molecule has 0 unspecified atom stereocenters. The Kier molecular flexibility index (Phi) is 10.0. The lowest BCUT2D eigenvalue weighted by Gasteiger charge is -2.34. The Balaban J connectivity index is 1.61. The fourth-order valence-electron chi connectivity index (χ4n) is 4.45. The molecule has 3 aromatic carbocycles. The smallest absolute Gasteiger partial charge is 0.258 e. The summed E-state index contributed by atoms with van der Waals surface area (Å²) in [5.74, 6) is -4.04. The van der Waals surface area contributed by atoms with E-state index in [2.05, 4.69) is 31.9 Å². The molecule has 3 amide bonds. The normalized spacial score (nSPS) is 14.7. The topological polar surface area (TPSA) is 90.5 Å². The summed E-state index contributed by atoms with van der Waals surface area (Å²) in [5, 5.41) is 8.56. The highest BCUT2D eigenvalue weighted by atomic mass is 79.9. The molecule has 0 atom stereocenters. The van der Waals surface area contributed by atoms with Crippen LogP contribution >= 0.6 is 39.1 Å². The number of hydrogen-bond acceptors (Lipinski definition) is 4. The Labute approximate surface area is 267 Å². The number of anilines is 3. The molecule has 228 valence electrons. The quantitative estimate of drug-likeness (QED) is 0.233. The molecule has 0 spiro atoms. The highest BCUT2D eigenvalue weighted by Crippen LogP contribution is 2.34. The molecule has 3 aromatic rings. The second-order valence-electron chi connectivity index (χ2n) is 11.3.